The van der Waals surface area contributed by atoms with E-state index in [0.717, 1.165) is 6.42 Å². The third kappa shape index (κ3) is 6.94. The zero-order valence-corrected chi connectivity index (χ0v) is 9.75. The lowest BCUT2D eigenvalue weighted by Gasteiger charge is -2.10. The van der Waals surface area contributed by atoms with Crippen LogP contribution in [0.4, 0.5) is 0 Å². The van der Waals surface area contributed by atoms with Crippen molar-refractivity contribution >= 4 is 11.9 Å². The molecule has 0 heterocycles. The molecule has 0 bridgehead atoms. The normalized spacial score (nSPS) is 14.3. The number of hydrogen-bond donors (Lipinski definition) is 2. The Hall–Kier alpha value is -1.06. The average Bonchev–Trinajstić information content (AvgIpc) is 2.17. The van der Waals surface area contributed by atoms with E-state index in [-0.39, 0.29) is 5.91 Å². The first kappa shape index (κ1) is 13.9. The lowest BCUT2D eigenvalue weighted by atomic mass is 10.0. The van der Waals surface area contributed by atoms with Crippen molar-refractivity contribution in [2.75, 3.05) is 6.54 Å². The van der Waals surface area contributed by atoms with Crippen molar-refractivity contribution < 1.29 is 14.7 Å². The van der Waals surface area contributed by atoms with Gasteiger partial charge in [-0.05, 0) is 12.3 Å². The van der Waals surface area contributed by atoms with Gasteiger partial charge < -0.3 is 10.4 Å². The predicted octanol–water partition coefficient (Wildman–Crippen LogP) is 1.65. The topological polar surface area (TPSA) is 66.4 Å². The van der Waals surface area contributed by atoms with Crippen LogP contribution in [0.1, 0.15) is 40.0 Å². The second-order valence-corrected chi connectivity index (χ2v) is 4.10. The van der Waals surface area contributed by atoms with E-state index in [2.05, 4.69) is 5.32 Å². The maximum absolute atomic E-state index is 11.3. The van der Waals surface area contributed by atoms with Gasteiger partial charge in [-0.2, -0.15) is 0 Å². The minimum atomic E-state index is -0.814. The summed E-state index contributed by atoms with van der Waals surface area (Å²) >= 11 is 0. The Morgan fingerprint density at radius 2 is 1.93 bits per heavy atom. The summed E-state index contributed by atoms with van der Waals surface area (Å²) in [5, 5.41) is 11.3. The maximum Gasteiger partial charge on any atom is 0.306 e. The van der Waals surface area contributed by atoms with Crippen molar-refractivity contribution in [3.63, 3.8) is 0 Å². The van der Waals surface area contributed by atoms with E-state index in [9.17, 15) is 9.59 Å². The number of carbonyl (C=O) groups excluding carboxylic acids is 1. The number of aliphatic carboxylic acids is 1. The molecule has 0 spiro atoms. The Kier molecular flexibility index (Phi) is 6.75. The van der Waals surface area contributed by atoms with Gasteiger partial charge in [0, 0.05) is 13.0 Å². The summed E-state index contributed by atoms with van der Waals surface area (Å²) in [6, 6.07) is 0. The third-order valence-electron chi connectivity index (χ3n) is 2.55. The number of nitrogens with one attached hydrogen (secondary N) is 1. The summed E-state index contributed by atoms with van der Waals surface area (Å²) in [5.74, 6) is -0.802. The lowest BCUT2D eigenvalue weighted by molar-refractivity contribution is -0.141. The highest BCUT2D eigenvalue weighted by atomic mass is 16.4. The summed E-state index contributed by atoms with van der Waals surface area (Å²) in [4.78, 5) is 21.8. The van der Waals surface area contributed by atoms with Crippen molar-refractivity contribution in [3.8, 4) is 0 Å². The molecule has 0 aliphatic heterocycles. The number of carboxylic acids is 1. The molecule has 0 aliphatic rings. The summed E-state index contributed by atoms with van der Waals surface area (Å²) in [6.45, 7) is 6.16. The Morgan fingerprint density at radius 1 is 1.33 bits per heavy atom. The third-order valence-corrected chi connectivity index (χ3v) is 2.55. The average molecular weight is 215 g/mol. The van der Waals surface area contributed by atoms with Gasteiger partial charge in [0.05, 0.1) is 5.92 Å². The smallest absolute Gasteiger partial charge is 0.306 e. The standard InChI is InChI=1S/C11H21NO3/c1-4-8(2)7-10(13)12-6-5-9(3)11(14)15/h8-9H,4-7H2,1-3H3,(H,12,13)(H,14,15). The monoisotopic (exact) mass is 215 g/mol. The first-order valence-corrected chi connectivity index (χ1v) is 5.46. The largest absolute Gasteiger partial charge is 0.481 e. The Balaban J connectivity index is 3.59. The molecule has 0 aliphatic carbocycles. The molecule has 0 aromatic carbocycles. The highest BCUT2D eigenvalue weighted by molar-refractivity contribution is 5.76. The van der Waals surface area contributed by atoms with Crippen LogP contribution < -0.4 is 5.32 Å². The number of amides is 1. The van der Waals surface area contributed by atoms with Gasteiger partial charge >= 0.3 is 5.97 Å². The molecular weight excluding hydrogens is 194 g/mol. The van der Waals surface area contributed by atoms with Crippen LogP contribution in [0, 0.1) is 11.8 Å². The second-order valence-electron chi connectivity index (χ2n) is 4.10. The molecule has 0 aromatic heterocycles. The van der Waals surface area contributed by atoms with Crippen LogP contribution in [0.3, 0.4) is 0 Å². The van der Waals surface area contributed by atoms with Gasteiger partial charge in [0.2, 0.25) is 5.91 Å². The Labute approximate surface area is 91.1 Å². The summed E-state index contributed by atoms with van der Waals surface area (Å²) in [6.07, 6.45) is 2.00. The molecule has 15 heavy (non-hydrogen) atoms. The Morgan fingerprint density at radius 3 is 2.40 bits per heavy atom. The highest BCUT2D eigenvalue weighted by Gasteiger charge is 2.11. The fourth-order valence-corrected chi connectivity index (χ4v) is 1.08. The molecule has 2 atom stereocenters. The van der Waals surface area contributed by atoms with E-state index in [4.69, 9.17) is 5.11 Å². The van der Waals surface area contributed by atoms with Crippen LogP contribution in [-0.4, -0.2) is 23.5 Å². The quantitative estimate of drug-likeness (QED) is 0.678. The van der Waals surface area contributed by atoms with Crippen LogP contribution >= 0.6 is 0 Å². The van der Waals surface area contributed by atoms with Gasteiger partial charge in [-0.25, -0.2) is 0 Å². The zero-order valence-electron chi connectivity index (χ0n) is 9.75. The van der Waals surface area contributed by atoms with Crippen molar-refractivity contribution in [1.29, 1.82) is 0 Å². The molecule has 0 aromatic rings. The van der Waals surface area contributed by atoms with E-state index in [1.54, 1.807) is 6.92 Å². The van der Waals surface area contributed by atoms with Gasteiger partial charge in [-0.1, -0.05) is 27.2 Å². The molecule has 0 saturated heterocycles. The van der Waals surface area contributed by atoms with E-state index in [0.29, 0.717) is 25.3 Å². The molecule has 4 nitrogen and oxygen atoms in total. The first-order valence-electron chi connectivity index (χ1n) is 5.46. The minimum Gasteiger partial charge on any atom is -0.481 e. The molecule has 4 heteroatoms. The van der Waals surface area contributed by atoms with Crippen LogP contribution in [0.25, 0.3) is 0 Å². The summed E-state index contributed by atoms with van der Waals surface area (Å²) in [5.41, 5.74) is 0. The molecule has 0 rings (SSSR count). The lowest BCUT2D eigenvalue weighted by Crippen LogP contribution is -2.28. The minimum absolute atomic E-state index is 0.0157. The van der Waals surface area contributed by atoms with Crippen molar-refractivity contribution in [1.82, 2.24) is 5.32 Å². The highest BCUT2D eigenvalue weighted by Crippen LogP contribution is 2.06. The molecule has 88 valence electrons. The maximum atomic E-state index is 11.3. The van der Waals surface area contributed by atoms with Crippen molar-refractivity contribution in [3.05, 3.63) is 0 Å². The molecule has 2 unspecified atom stereocenters. The molecule has 0 fully saturated rings. The van der Waals surface area contributed by atoms with Gasteiger partial charge in [-0.3, -0.25) is 9.59 Å². The van der Waals surface area contributed by atoms with E-state index in [1.165, 1.54) is 0 Å². The van der Waals surface area contributed by atoms with Gasteiger partial charge in [0.15, 0.2) is 0 Å². The molecule has 0 radical (unpaired) electrons. The Bertz CT molecular complexity index is 216. The first-order chi connectivity index (χ1) is 6.97. The second kappa shape index (κ2) is 7.26. The van der Waals surface area contributed by atoms with Crippen LogP contribution in [0.2, 0.25) is 0 Å². The fourth-order valence-electron chi connectivity index (χ4n) is 1.08. The van der Waals surface area contributed by atoms with E-state index >= 15 is 0 Å². The predicted molar refractivity (Wildman–Crippen MR) is 58.5 cm³/mol. The number of carboxylic acid groups (broad SMARTS) is 1. The van der Waals surface area contributed by atoms with Gasteiger partial charge in [0.1, 0.15) is 0 Å². The number of hydrogen-bond acceptors (Lipinski definition) is 2. The van der Waals surface area contributed by atoms with Crippen molar-refractivity contribution in [2.45, 2.75) is 40.0 Å². The summed E-state index contributed by atoms with van der Waals surface area (Å²) in [7, 11) is 0. The van der Waals surface area contributed by atoms with Gasteiger partial charge in [0.25, 0.3) is 0 Å². The van der Waals surface area contributed by atoms with Crippen LogP contribution in [0.15, 0.2) is 0 Å². The summed E-state index contributed by atoms with van der Waals surface area (Å²) < 4.78 is 0. The van der Waals surface area contributed by atoms with Crippen LogP contribution in [-0.2, 0) is 9.59 Å². The van der Waals surface area contributed by atoms with E-state index < -0.39 is 11.9 Å². The molecule has 1 amide bonds. The van der Waals surface area contributed by atoms with Gasteiger partial charge in [-0.15, -0.1) is 0 Å². The fraction of sp³-hybridized carbons (Fsp3) is 0.818. The van der Waals surface area contributed by atoms with Crippen molar-refractivity contribution in [2.24, 2.45) is 11.8 Å². The SMILES string of the molecule is CCC(C)CC(=O)NCCC(C)C(=O)O. The zero-order chi connectivity index (χ0) is 11.8. The molecule has 2 N–H and O–H groups in total. The van der Waals surface area contributed by atoms with E-state index in [1.807, 2.05) is 13.8 Å². The van der Waals surface area contributed by atoms with Crippen LogP contribution in [0.5, 0.6) is 0 Å². The number of carbonyl (C=O) groups is 2. The molecule has 0 saturated carbocycles. The number of rotatable bonds is 7. The molecular formula is C11H21NO3.